The van der Waals surface area contributed by atoms with Gasteiger partial charge in [0.25, 0.3) is 5.91 Å². The Kier molecular flexibility index (Phi) is 5.05. The standard InChI is InChI=1S/C22H24N2O4/c1-3-10-17-19-20(28-24(17)15-11-6-5-7-12-15)22(26)23(21(19)25)16-13-8-9-14-18(16)27-4-2/h5-9,11-14,17,19-20H,3-4,10H2,1-2H3/t17-,19-,20+/m1/s1. The van der Waals surface area contributed by atoms with Crippen LogP contribution in [0.2, 0.25) is 0 Å². The zero-order chi connectivity index (χ0) is 19.7. The summed E-state index contributed by atoms with van der Waals surface area (Å²) in [5.74, 6) is -0.554. The average Bonchev–Trinajstić information content (AvgIpc) is 3.20. The largest absolute Gasteiger partial charge is 0.492 e. The summed E-state index contributed by atoms with van der Waals surface area (Å²) >= 11 is 0. The van der Waals surface area contributed by atoms with Crippen molar-refractivity contribution in [3.05, 3.63) is 54.6 Å². The van der Waals surface area contributed by atoms with E-state index in [9.17, 15) is 9.59 Å². The molecule has 2 fully saturated rings. The van der Waals surface area contributed by atoms with E-state index in [0.717, 1.165) is 18.5 Å². The SMILES string of the molecule is CCC[C@@H]1[C@H]2C(=O)N(c3ccccc3OCC)C(=O)[C@H]2ON1c1ccccc1. The number of nitrogens with zero attached hydrogens (tertiary/aromatic N) is 2. The minimum Gasteiger partial charge on any atom is -0.492 e. The number of hydrogen-bond donors (Lipinski definition) is 0. The lowest BCUT2D eigenvalue weighted by Gasteiger charge is -2.28. The second kappa shape index (κ2) is 7.64. The van der Waals surface area contributed by atoms with Crippen LogP contribution in [0.4, 0.5) is 11.4 Å². The van der Waals surface area contributed by atoms with Crippen LogP contribution >= 0.6 is 0 Å². The Labute approximate surface area is 164 Å². The predicted molar refractivity (Wildman–Crippen MR) is 106 cm³/mol. The molecule has 0 unspecified atom stereocenters. The smallest absolute Gasteiger partial charge is 0.266 e. The van der Waals surface area contributed by atoms with Gasteiger partial charge in [0.05, 0.1) is 29.9 Å². The Balaban J connectivity index is 1.69. The highest BCUT2D eigenvalue weighted by atomic mass is 16.7. The summed E-state index contributed by atoms with van der Waals surface area (Å²) in [6.45, 7) is 4.40. The predicted octanol–water partition coefficient (Wildman–Crippen LogP) is 3.56. The molecule has 2 aliphatic rings. The number of benzene rings is 2. The van der Waals surface area contributed by atoms with Crippen molar-refractivity contribution in [1.29, 1.82) is 0 Å². The van der Waals surface area contributed by atoms with E-state index in [0.29, 0.717) is 18.0 Å². The molecule has 3 atom stereocenters. The third-order valence-electron chi connectivity index (χ3n) is 5.24. The number of para-hydroxylation sites is 3. The van der Waals surface area contributed by atoms with Crippen LogP contribution in [0, 0.1) is 5.92 Å². The molecule has 2 aromatic carbocycles. The number of hydroxylamine groups is 1. The summed E-state index contributed by atoms with van der Waals surface area (Å²) in [7, 11) is 0. The molecule has 4 rings (SSSR count). The van der Waals surface area contributed by atoms with Gasteiger partial charge in [0.1, 0.15) is 5.75 Å². The third kappa shape index (κ3) is 2.94. The van der Waals surface area contributed by atoms with E-state index in [-0.39, 0.29) is 17.9 Å². The first-order chi connectivity index (χ1) is 13.7. The number of carbonyl (C=O) groups is 2. The lowest BCUT2D eigenvalue weighted by molar-refractivity contribution is -0.126. The number of hydrogen-bond acceptors (Lipinski definition) is 5. The molecule has 2 aliphatic heterocycles. The van der Waals surface area contributed by atoms with Crippen molar-refractivity contribution in [2.45, 2.75) is 38.8 Å². The summed E-state index contributed by atoms with van der Waals surface area (Å²) < 4.78 is 5.64. The van der Waals surface area contributed by atoms with Gasteiger partial charge in [0.2, 0.25) is 5.91 Å². The van der Waals surface area contributed by atoms with Crippen molar-refractivity contribution in [3.8, 4) is 5.75 Å². The lowest BCUT2D eigenvalue weighted by atomic mass is 9.93. The van der Waals surface area contributed by atoms with Crippen LogP contribution in [0.3, 0.4) is 0 Å². The van der Waals surface area contributed by atoms with Crippen molar-refractivity contribution >= 4 is 23.2 Å². The number of fused-ring (bicyclic) bond motifs is 1. The number of ether oxygens (including phenoxy) is 1. The summed E-state index contributed by atoms with van der Waals surface area (Å²) in [5, 5.41) is 1.75. The molecule has 6 heteroatoms. The van der Waals surface area contributed by atoms with Gasteiger partial charge >= 0.3 is 0 Å². The Morgan fingerprint density at radius 3 is 2.39 bits per heavy atom. The van der Waals surface area contributed by atoms with Crippen LogP contribution in [0.15, 0.2) is 54.6 Å². The molecule has 0 N–H and O–H groups in total. The topological polar surface area (TPSA) is 59.1 Å². The van der Waals surface area contributed by atoms with Gasteiger partial charge in [0.15, 0.2) is 6.10 Å². The zero-order valence-electron chi connectivity index (χ0n) is 16.1. The first-order valence-corrected chi connectivity index (χ1v) is 9.78. The molecule has 0 radical (unpaired) electrons. The molecule has 6 nitrogen and oxygen atoms in total. The van der Waals surface area contributed by atoms with Crippen LogP contribution in [-0.4, -0.2) is 30.6 Å². The first kappa shape index (κ1) is 18.5. The van der Waals surface area contributed by atoms with Gasteiger partial charge in [-0.15, -0.1) is 0 Å². The highest BCUT2D eigenvalue weighted by Crippen LogP contribution is 2.43. The second-order valence-electron chi connectivity index (χ2n) is 6.98. The van der Waals surface area contributed by atoms with E-state index in [1.807, 2.05) is 43.3 Å². The maximum absolute atomic E-state index is 13.4. The molecule has 146 valence electrons. The normalized spacial score (nSPS) is 24.0. The minimum atomic E-state index is -0.807. The summed E-state index contributed by atoms with van der Waals surface area (Å²) in [5.41, 5.74) is 1.34. The van der Waals surface area contributed by atoms with Gasteiger partial charge < -0.3 is 4.74 Å². The van der Waals surface area contributed by atoms with Crippen LogP contribution in [-0.2, 0) is 14.4 Å². The van der Waals surface area contributed by atoms with Crippen molar-refractivity contribution in [2.75, 3.05) is 16.6 Å². The average molecular weight is 380 g/mol. The first-order valence-electron chi connectivity index (χ1n) is 9.78. The van der Waals surface area contributed by atoms with E-state index < -0.39 is 12.0 Å². The second-order valence-corrected chi connectivity index (χ2v) is 6.98. The molecule has 28 heavy (non-hydrogen) atoms. The fraction of sp³-hybridized carbons (Fsp3) is 0.364. The number of rotatable bonds is 6. The Hall–Kier alpha value is -2.86. The maximum Gasteiger partial charge on any atom is 0.266 e. The minimum absolute atomic E-state index is 0.182. The van der Waals surface area contributed by atoms with Gasteiger partial charge in [-0.1, -0.05) is 43.7 Å². The van der Waals surface area contributed by atoms with Gasteiger partial charge in [-0.05, 0) is 37.6 Å². The monoisotopic (exact) mass is 380 g/mol. The van der Waals surface area contributed by atoms with E-state index in [4.69, 9.17) is 9.57 Å². The molecule has 0 aliphatic carbocycles. The van der Waals surface area contributed by atoms with E-state index in [1.54, 1.807) is 23.3 Å². The summed E-state index contributed by atoms with van der Waals surface area (Å²) in [6, 6.07) is 16.6. The van der Waals surface area contributed by atoms with Crippen molar-refractivity contribution in [3.63, 3.8) is 0 Å². The summed E-state index contributed by atoms with van der Waals surface area (Å²) in [4.78, 5) is 33.8. The van der Waals surface area contributed by atoms with Gasteiger partial charge in [-0.3, -0.25) is 14.4 Å². The molecular formula is C22H24N2O4. The van der Waals surface area contributed by atoms with E-state index in [2.05, 4.69) is 6.92 Å². The maximum atomic E-state index is 13.4. The van der Waals surface area contributed by atoms with Crippen LogP contribution in [0.25, 0.3) is 0 Å². The van der Waals surface area contributed by atoms with Gasteiger partial charge in [-0.25, -0.2) is 9.96 Å². The van der Waals surface area contributed by atoms with Crippen molar-refractivity contribution < 1.29 is 19.2 Å². The highest BCUT2D eigenvalue weighted by molar-refractivity contribution is 6.24. The zero-order valence-corrected chi connectivity index (χ0v) is 16.1. The van der Waals surface area contributed by atoms with Crippen LogP contribution in [0.1, 0.15) is 26.7 Å². The fourth-order valence-corrected chi connectivity index (χ4v) is 4.07. The Morgan fingerprint density at radius 2 is 1.68 bits per heavy atom. The molecule has 2 amide bonds. The molecule has 2 heterocycles. The molecule has 0 aromatic heterocycles. The van der Waals surface area contributed by atoms with E-state index >= 15 is 0 Å². The molecule has 2 aromatic rings. The lowest BCUT2D eigenvalue weighted by Crippen LogP contribution is -2.40. The molecular weight excluding hydrogens is 356 g/mol. The molecule has 0 spiro atoms. The number of imide groups is 1. The summed E-state index contributed by atoms with van der Waals surface area (Å²) in [6.07, 6.45) is 0.840. The van der Waals surface area contributed by atoms with Gasteiger partial charge in [-0.2, -0.15) is 0 Å². The highest BCUT2D eigenvalue weighted by Gasteiger charge is 2.59. The van der Waals surface area contributed by atoms with Crippen molar-refractivity contribution in [2.24, 2.45) is 5.92 Å². The Bertz CT molecular complexity index is 870. The van der Waals surface area contributed by atoms with Crippen molar-refractivity contribution in [1.82, 2.24) is 0 Å². The fourth-order valence-electron chi connectivity index (χ4n) is 4.07. The van der Waals surface area contributed by atoms with Gasteiger partial charge in [0, 0.05) is 0 Å². The quantitative estimate of drug-likeness (QED) is 0.717. The number of amides is 2. The van der Waals surface area contributed by atoms with Crippen LogP contribution < -0.4 is 14.7 Å². The number of carbonyl (C=O) groups excluding carboxylic acids is 2. The Morgan fingerprint density at radius 1 is 0.964 bits per heavy atom. The third-order valence-corrected chi connectivity index (χ3v) is 5.24. The number of anilines is 2. The van der Waals surface area contributed by atoms with Crippen LogP contribution in [0.5, 0.6) is 5.75 Å². The molecule has 0 saturated carbocycles. The molecule has 2 saturated heterocycles. The van der Waals surface area contributed by atoms with E-state index in [1.165, 1.54) is 4.90 Å². The molecule has 0 bridgehead atoms.